The van der Waals surface area contributed by atoms with Gasteiger partial charge in [-0.15, -0.1) is 0 Å². The minimum absolute atomic E-state index is 0.0362. The first-order chi connectivity index (χ1) is 10.1. The maximum absolute atomic E-state index is 11.8. The number of nitrogens with zero attached hydrogens (tertiary/aromatic N) is 1. The maximum Gasteiger partial charge on any atom is 0.307 e. The van der Waals surface area contributed by atoms with Crippen molar-refractivity contribution in [2.24, 2.45) is 0 Å². The predicted molar refractivity (Wildman–Crippen MR) is 82.1 cm³/mol. The predicted octanol–water partition coefficient (Wildman–Crippen LogP) is 1.42. The lowest BCUT2D eigenvalue weighted by atomic mass is 10.1. The molecule has 0 saturated carbocycles. The molecule has 1 heterocycles. The summed E-state index contributed by atoms with van der Waals surface area (Å²) < 4.78 is 1.60. The molecule has 0 unspecified atom stereocenters. The van der Waals surface area contributed by atoms with Crippen LogP contribution in [0, 0.1) is 6.92 Å². The molecule has 0 aliphatic carbocycles. The van der Waals surface area contributed by atoms with E-state index >= 15 is 0 Å². The number of hydrogen-bond donors (Lipinski definition) is 2. The molecule has 112 valence electrons. The highest BCUT2D eigenvalue weighted by Crippen LogP contribution is 2.08. The van der Waals surface area contributed by atoms with E-state index < -0.39 is 0 Å². The molecule has 0 spiro atoms. The molecule has 6 heteroatoms. The van der Waals surface area contributed by atoms with Gasteiger partial charge in [-0.3, -0.25) is 9.59 Å². The quantitative estimate of drug-likeness (QED) is 0.848. The number of carbonyl (C=O) groups excluding carboxylic acids is 1. The number of aliphatic hydroxyl groups excluding tert-OH is 1. The molecular formula is C15H18N2O3S. The summed E-state index contributed by atoms with van der Waals surface area (Å²) in [5.74, 6) is -0.111. The molecule has 0 saturated heterocycles. The van der Waals surface area contributed by atoms with Crippen LogP contribution in [0.25, 0.3) is 0 Å². The van der Waals surface area contributed by atoms with Gasteiger partial charge < -0.3 is 15.0 Å². The van der Waals surface area contributed by atoms with E-state index in [4.69, 9.17) is 0 Å². The highest BCUT2D eigenvalue weighted by Gasteiger charge is 2.07. The number of amides is 1. The molecule has 0 aliphatic heterocycles. The Hall–Kier alpha value is -1.92. The van der Waals surface area contributed by atoms with Crippen molar-refractivity contribution in [2.75, 3.05) is 0 Å². The van der Waals surface area contributed by atoms with Crippen LogP contribution in [0.1, 0.15) is 23.2 Å². The highest BCUT2D eigenvalue weighted by molar-refractivity contribution is 7.07. The lowest BCUT2D eigenvalue weighted by Gasteiger charge is -2.09. The van der Waals surface area contributed by atoms with Crippen LogP contribution in [-0.4, -0.2) is 15.6 Å². The topological polar surface area (TPSA) is 71.3 Å². The average Bonchev–Trinajstić information content (AvgIpc) is 2.82. The second-order valence-electron chi connectivity index (χ2n) is 4.75. The Labute approximate surface area is 126 Å². The van der Waals surface area contributed by atoms with Gasteiger partial charge in [0.05, 0.1) is 6.61 Å². The minimum atomic E-state index is -0.111. The zero-order chi connectivity index (χ0) is 15.2. The van der Waals surface area contributed by atoms with Crippen LogP contribution < -0.4 is 10.2 Å². The number of aromatic nitrogens is 1. The summed E-state index contributed by atoms with van der Waals surface area (Å²) in [6.45, 7) is 2.58. The average molecular weight is 306 g/mol. The molecule has 2 rings (SSSR count). The Kier molecular flexibility index (Phi) is 5.30. The van der Waals surface area contributed by atoms with Gasteiger partial charge in [-0.25, -0.2) is 0 Å². The van der Waals surface area contributed by atoms with Gasteiger partial charge in [0.15, 0.2) is 0 Å². The monoisotopic (exact) mass is 306 g/mol. The molecule has 1 aromatic carbocycles. The molecule has 0 radical (unpaired) electrons. The van der Waals surface area contributed by atoms with E-state index in [9.17, 15) is 14.7 Å². The second kappa shape index (κ2) is 7.19. The fourth-order valence-electron chi connectivity index (χ4n) is 2.05. The summed E-state index contributed by atoms with van der Waals surface area (Å²) in [6.07, 6.45) is 0.263. The molecule has 2 aromatic rings. The van der Waals surface area contributed by atoms with Gasteiger partial charge in [-0.1, -0.05) is 35.6 Å². The van der Waals surface area contributed by atoms with Crippen LogP contribution in [0.3, 0.4) is 0 Å². The van der Waals surface area contributed by atoms with Crippen molar-refractivity contribution in [2.45, 2.75) is 33.0 Å². The molecule has 1 aromatic heterocycles. The fraction of sp³-hybridized carbons (Fsp3) is 0.333. The molecular weight excluding hydrogens is 288 g/mol. The molecule has 21 heavy (non-hydrogen) atoms. The molecule has 0 aliphatic rings. The molecule has 0 atom stereocenters. The summed E-state index contributed by atoms with van der Waals surface area (Å²) >= 11 is 1.15. The number of carbonyl (C=O) groups is 1. The minimum Gasteiger partial charge on any atom is -0.392 e. The van der Waals surface area contributed by atoms with Gasteiger partial charge in [0, 0.05) is 30.6 Å². The Balaban J connectivity index is 1.87. The SMILES string of the molecule is Cc1csc(=O)n1CCC(=O)NCc1ccccc1CO. The van der Waals surface area contributed by atoms with E-state index in [0.717, 1.165) is 28.2 Å². The van der Waals surface area contributed by atoms with Crippen LogP contribution in [0.5, 0.6) is 0 Å². The van der Waals surface area contributed by atoms with Crippen molar-refractivity contribution in [1.82, 2.24) is 9.88 Å². The summed E-state index contributed by atoms with van der Waals surface area (Å²) in [4.78, 5) is 23.3. The number of aliphatic hydroxyl groups is 1. The van der Waals surface area contributed by atoms with Crippen molar-refractivity contribution in [3.8, 4) is 0 Å². The van der Waals surface area contributed by atoms with E-state index in [2.05, 4.69) is 5.32 Å². The van der Waals surface area contributed by atoms with Crippen molar-refractivity contribution in [3.63, 3.8) is 0 Å². The Morgan fingerprint density at radius 1 is 1.33 bits per heavy atom. The van der Waals surface area contributed by atoms with E-state index in [-0.39, 0.29) is 23.8 Å². The zero-order valence-corrected chi connectivity index (χ0v) is 12.7. The number of benzene rings is 1. The van der Waals surface area contributed by atoms with E-state index in [1.165, 1.54) is 0 Å². The summed E-state index contributed by atoms with van der Waals surface area (Å²) in [7, 11) is 0. The zero-order valence-electron chi connectivity index (χ0n) is 11.8. The lowest BCUT2D eigenvalue weighted by molar-refractivity contribution is -0.121. The Bertz CT molecular complexity index is 676. The maximum atomic E-state index is 11.8. The van der Waals surface area contributed by atoms with Crippen LogP contribution in [0.15, 0.2) is 34.4 Å². The first-order valence-electron chi connectivity index (χ1n) is 6.71. The van der Waals surface area contributed by atoms with Crippen LogP contribution >= 0.6 is 11.3 Å². The largest absolute Gasteiger partial charge is 0.392 e. The fourth-order valence-corrected chi connectivity index (χ4v) is 2.82. The number of aryl methyl sites for hydroxylation is 1. The number of rotatable bonds is 6. The van der Waals surface area contributed by atoms with Crippen LogP contribution in [-0.2, 0) is 24.5 Å². The van der Waals surface area contributed by atoms with Crippen molar-refractivity contribution < 1.29 is 9.90 Å². The first kappa shape index (κ1) is 15.5. The molecule has 5 nitrogen and oxygen atoms in total. The second-order valence-corrected chi connectivity index (χ2v) is 5.57. The smallest absolute Gasteiger partial charge is 0.307 e. The van der Waals surface area contributed by atoms with Crippen LogP contribution in [0.2, 0.25) is 0 Å². The van der Waals surface area contributed by atoms with Gasteiger partial charge in [0.2, 0.25) is 5.91 Å². The molecule has 0 bridgehead atoms. The van der Waals surface area contributed by atoms with Crippen molar-refractivity contribution >= 4 is 17.2 Å². The van der Waals surface area contributed by atoms with Gasteiger partial charge in [0.1, 0.15) is 0 Å². The van der Waals surface area contributed by atoms with Gasteiger partial charge in [-0.2, -0.15) is 0 Å². The van der Waals surface area contributed by atoms with E-state index in [1.807, 2.05) is 31.2 Å². The van der Waals surface area contributed by atoms with Crippen LogP contribution in [0.4, 0.5) is 0 Å². The van der Waals surface area contributed by atoms with Gasteiger partial charge in [-0.05, 0) is 18.1 Å². The Morgan fingerprint density at radius 2 is 2.05 bits per heavy atom. The van der Waals surface area contributed by atoms with Crippen molar-refractivity contribution in [3.05, 3.63) is 56.1 Å². The Morgan fingerprint density at radius 3 is 2.67 bits per heavy atom. The van der Waals surface area contributed by atoms with E-state index in [0.29, 0.717) is 13.1 Å². The lowest BCUT2D eigenvalue weighted by Crippen LogP contribution is -2.26. The summed E-state index contributed by atoms with van der Waals surface area (Å²) in [6, 6.07) is 7.42. The summed E-state index contributed by atoms with van der Waals surface area (Å²) in [5.41, 5.74) is 2.59. The van der Waals surface area contributed by atoms with Gasteiger partial charge >= 0.3 is 4.87 Å². The number of thiazole rings is 1. The number of hydrogen-bond acceptors (Lipinski definition) is 4. The summed E-state index contributed by atoms with van der Waals surface area (Å²) in [5, 5.41) is 13.8. The van der Waals surface area contributed by atoms with E-state index in [1.54, 1.807) is 9.95 Å². The molecule has 0 fully saturated rings. The third kappa shape index (κ3) is 4.03. The third-order valence-electron chi connectivity index (χ3n) is 3.30. The van der Waals surface area contributed by atoms with Gasteiger partial charge in [0.25, 0.3) is 0 Å². The first-order valence-corrected chi connectivity index (χ1v) is 7.59. The highest BCUT2D eigenvalue weighted by atomic mass is 32.1. The van der Waals surface area contributed by atoms with Crippen molar-refractivity contribution in [1.29, 1.82) is 0 Å². The molecule has 2 N–H and O–H groups in total. The number of nitrogens with one attached hydrogen (secondary N) is 1. The third-order valence-corrected chi connectivity index (χ3v) is 4.18. The normalized spacial score (nSPS) is 10.6. The standard InChI is InChI=1S/C15H18N2O3S/c1-11-10-21-15(20)17(11)7-6-14(19)16-8-12-4-2-3-5-13(12)9-18/h2-5,10,18H,6-9H2,1H3,(H,16,19). The molecule has 1 amide bonds.